The fraction of sp³-hybridized carbons (Fsp3) is 1.00. The number of hydrogen-bond donors (Lipinski definition) is 1. The summed E-state index contributed by atoms with van der Waals surface area (Å²) < 4.78 is 0. The van der Waals surface area contributed by atoms with Crippen LogP contribution in [0.5, 0.6) is 0 Å². The minimum atomic E-state index is -0.0709. The monoisotopic (exact) mass is 211 g/mol. The number of aliphatic hydroxyl groups excluding tert-OH is 1. The highest BCUT2D eigenvalue weighted by molar-refractivity contribution is 4.90. The first-order valence-electron chi connectivity index (χ1n) is 6.62. The molecule has 2 aliphatic rings. The smallest absolute Gasteiger partial charge is 0.0695 e. The van der Waals surface area contributed by atoms with Gasteiger partial charge in [0.05, 0.1) is 6.10 Å². The van der Waals surface area contributed by atoms with Crippen LogP contribution in [0.4, 0.5) is 0 Å². The Morgan fingerprint density at radius 2 is 1.93 bits per heavy atom. The van der Waals surface area contributed by atoms with Crippen molar-refractivity contribution < 1.29 is 5.11 Å². The molecule has 15 heavy (non-hydrogen) atoms. The SMILES string of the molecule is CCC1CCC(O)C(N(C)C2CCC2)C1. The summed E-state index contributed by atoms with van der Waals surface area (Å²) in [5, 5.41) is 10.1. The van der Waals surface area contributed by atoms with Crippen LogP contribution in [-0.4, -0.2) is 35.2 Å². The maximum Gasteiger partial charge on any atom is 0.0695 e. The van der Waals surface area contributed by atoms with Gasteiger partial charge < -0.3 is 5.11 Å². The summed E-state index contributed by atoms with van der Waals surface area (Å²) in [5.41, 5.74) is 0. The van der Waals surface area contributed by atoms with E-state index >= 15 is 0 Å². The molecule has 2 saturated carbocycles. The van der Waals surface area contributed by atoms with Crippen LogP contribution >= 0.6 is 0 Å². The minimum absolute atomic E-state index is 0.0709. The molecule has 0 aromatic rings. The Morgan fingerprint density at radius 1 is 1.20 bits per heavy atom. The Balaban J connectivity index is 1.92. The van der Waals surface area contributed by atoms with Crippen molar-refractivity contribution in [2.75, 3.05) is 7.05 Å². The summed E-state index contributed by atoms with van der Waals surface area (Å²) in [6.07, 6.45) is 8.74. The number of nitrogens with zero attached hydrogens (tertiary/aromatic N) is 1. The molecule has 2 nitrogen and oxygen atoms in total. The standard InChI is InChI=1S/C13H25NO/c1-3-10-7-8-13(15)12(9-10)14(2)11-5-4-6-11/h10-13,15H,3-9H2,1-2H3. The van der Waals surface area contributed by atoms with E-state index in [1.165, 1.54) is 38.5 Å². The van der Waals surface area contributed by atoms with Gasteiger partial charge in [0, 0.05) is 12.1 Å². The van der Waals surface area contributed by atoms with Gasteiger partial charge in [-0.3, -0.25) is 4.90 Å². The Bertz CT molecular complexity index is 203. The molecule has 0 heterocycles. The molecule has 88 valence electrons. The van der Waals surface area contributed by atoms with Gasteiger partial charge in [-0.15, -0.1) is 0 Å². The van der Waals surface area contributed by atoms with Crippen molar-refractivity contribution in [3.05, 3.63) is 0 Å². The van der Waals surface area contributed by atoms with Crippen molar-refractivity contribution in [3.8, 4) is 0 Å². The highest BCUT2D eigenvalue weighted by Gasteiger charge is 2.35. The van der Waals surface area contributed by atoms with Crippen LogP contribution in [0.2, 0.25) is 0 Å². The van der Waals surface area contributed by atoms with Crippen LogP contribution in [0.25, 0.3) is 0 Å². The lowest BCUT2D eigenvalue weighted by Gasteiger charge is -2.45. The zero-order valence-electron chi connectivity index (χ0n) is 10.2. The van der Waals surface area contributed by atoms with Crippen molar-refractivity contribution in [1.82, 2.24) is 4.90 Å². The van der Waals surface area contributed by atoms with Gasteiger partial charge >= 0.3 is 0 Å². The van der Waals surface area contributed by atoms with E-state index in [0.717, 1.165) is 18.4 Å². The van der Waals surface area contributed by atoms with Crippen molar-refractivity contribution in [3.63, 3.8) is 0 Å². The maximum atomic E-state index is 10.1. The van der Waals surface area contributed by atoms with E-state index in [9.17, 15) is 5.11 Å². The van der Waals surface area contributed by atoms with Gasteiger partial charge in [0.25, 0.3) is 0 Å². The number of hydrogen-bond acceptors (Lipinski definition) is 2. The predicted octanol–water partition coefficient (Wildman–Crippen LogP) is 2.41. The highest BCUT2D eigenvalue weighted by Crippen LogP contribution is 2.34. The summed E-state index contributed by atoms with van der Waals surface area (Å²) in [7, 11) is 2.22. The lowest BCUT2D eigenvalue weighted by atomic mass is 9.80. The third-order valence-electron chi connectivity index (χ3n) is 4.64. The first kappa shape index (κ1) is 11.4. The number of likely N-dealkylation sites (N-methyl/N-ethyl adjacent to an activating group) is 1. The van der Waals surface area contributed by atoms with Gasteiger partial charge in [0.2, 0.25) is 0 Å². The third-order valence-corrected chi connectivity index (χ3v) is 4.64. The quantitative estimate of drug-likeness (QED) is 0.775. The molecular formula is C13H25NO. The summed E-state index contributed by atoms with van der Waals surface area (Å²) in [4.78, 5) is 2.47. The first-order chi connectivity index (χ1) is 7.22. The van der Waals surface area contributed by atoms with Gasteiger partial charge in [-0.05, 0) is 45.1 Å². The average molecular weight is 211 g/mol. The van der Waals surface area contributed by atoms with Crippen molar-refractivity contribution in [2.24, 2.45) is 5.92 Å². The largest absolute Gasteiger partial charge is 0.391 e. The van der Waals surface area contributed by atoms with Crippen LogP contribution in [-0.2, 0) is 0 Å². The second kappa shape index (κ2) is 4.84. The van der Waals surface area contributed by atoms with Crippen LogP contribution in [0.1, 0.15) is 51.9 Å². The zero-order chi connectivity index (χ0) is 10.8. The van der Waals surface area contributed by atoms with Gasteiger partial charge in [-0.25, -0.2) is 0 Å². The van der Waals surface area contributed by atoms with Gasteiger partial charge in [0.1, 0.15) is 0 Å². The van der Waals surface area contributed by atoms with E-state index in [1.807, 2.05) is 0 Å². The number of rotatable bonds is 3. The Kier molecular flexibility index (Phi) is 3.68. The molecule has 0 aromatic heterocycles. The molecule has 0 radical (unpaired) electrons. The summed E-state index contributed by atoms with van der Waals surface area (Å²) in [6.45, 7) is 2.28. The van der Waals surface area contributed by atoms with Gasteiger partial charge in [0.15, 0.2) is 0 Å². The van der Waals surface area contributed by atoms with E-state index in [4.69, 9.17) is 0 Å². The molecule has 0 spiro atoms. The molecule has 3 unspecified atom stereocenters. The predicted molar refractivity (Wildman–Crippen MR) is 62.8 cm³/mol. The van der Waals surface area contributed by atoms with E-state index in [0.29, 0.717) is 6.04 Å². The Morgan fingerprint density at radius 3 is 2.47 bits per heavy atom. The van der Waals surface area contributed by atoms with Crippen molar-refractivity contribution in [1.29, 1.82) is 0 Å². The molecule has 2 fully saturated rings. The molecule has 0 aromatic carbocycles. The Labute approximate surface area is 93.7 Å². The molecule has 2 rings (SSSR count). The van der Waals surface area contributed by atoms with E-state index in [-0.39, 0.29) is 6.10 Å². The molecule has 0 bridgehead atoms. The normalized spacial score (nSPS) is 38.0. The first-order valence-corrected chi connectivity index (χ1v) is 6.62. The molecule has 0 saturated heterocycles. The van der Waals surface area contributed by atoms with Gasteiger partial charge in [-0.2, -0.15) is 0 Å². The topological polar surface area (TPSA) is 23.5 Å². The van der Waals surface area contributed by atoms with Crippen LogP contribution in [0.15, 0.2) is 0 Å². The van der Waals surface area contributed by atoms with Crippen LogP contribution in [0, 0.1) is 5.92 Å². The summed E-state index contributed by atoms with van der Waals surface area (Å²) >= 11 is 0. The molecular weight excluding hydrogens is 186 g/mol. The Hall–Kier alpha value is -0.0800. The highest BCUT2D eigenvalue weighted by atomic mass is 16.3. The van der Waals surface area contributed by atoms with E-state index < -0.39 is 0 Å². The summed E-state index contributed by atoms with van der Waals surface area (Å²) in [5.74, 6) is 0.848. The molecule has 1 N–H and O–H groups in total. The second-order valence-corrected chi connectivity index (χ2v) is 5.47. The van der Waals surface area contributed by atoms with E-state index in [1.54, 1.807) is 0 Å². The molecule has 2 aliphatic carbocycles. The lowest BCUT2D eigenvalue weighted by Crippen LogP contribution is -2.51. The summed E-state index contributed by atoms with van der Waals surface area (Å²) in [6, 6.07) is 1.20. The number of aliphatic hydroxyl groups is 1. The van der Waals surface area contributed by atoms with Crippen molar-refractivity contribution in [2.45, 2.75) is 70.1 Å². The minimum Gasteiger partial charge on any atom is -0.391 e. The van der Waals surface area contributed by atoms with E-state index in [2.05, 4.69) is 18.9 Å². The van der Waals surface area contributed by atoms with Crippen LogP contribution in [0.3, 0.4) is 0 Å². The molecule has 0 amide bonds. The fourth-order valence-electron chi connectivity index (χ4n) is 3.09. The molecule has 3 atom stereocenters. The third kappa shape index (κ3) is 2.36. The zero-order valence-corrected chi connectivity index (χ0v) is 10.2. The lowest BCUT2D eigenvalue weighted by molar-refractivity contribution is -0.0190. The fourth-order valence-corrected chi connectivity index (χ4v) is 3.09. The second-order valence-electron chi connectivity index (χ2n) is 5.47. The van der Waals surface area contributed by atoms with Crippen molar-refractivity contribution >= 4 is 0 Å². The van der Waals surface area contributed by atoms with Gasteiger partial charge in [-0.1, -0.05) is 19.8 Å². The molecule has 0 aliphatic heterocycles. The molecule has 2 heteroatoms. The van der Waals surface area contributed by atoms with Crippen LogP contribution < -0.4 is 0 Å². The average Bonchev–Trinajstić information content (AvgIpc) is 2.15. The maximum absolute atomic E-state index is 10.1.